The first kappa shape index (κ1) is 15.0. The topological polar surface area (TPSA) is 75.3 Å². The summed E-state index contributed by atoms with van der Waals surface area (Å²) >= 11 is 0. The van der Waals surface area contributed by atoms with Crippen LogP contribution in [-0.4, -0.2) is 17.8 Å². The van der Waals surface area contributed by atoms with Crippen LogP contribution in [0.5, 0.6) is 0 Å². The number of carbonyl (C=O) groups excluding carboxylic acids is 3. The summed E-state index contributed by atoms with van der Waals surface area (Å²) in [5.74, 6) is -1.09. The summed E-state index contributed by atoms with van der Waals surface area (Å²) in [6.45, 7) is 3.81. The van der Waals surface area contributed by atoms with Crippen molar-refractivity contribution in [2.24, 2.45) is 5.41 Å². The number of hydrogen-bond donors (Lipinski definition) is 2. The third kappa shape index (κ3) is 3.18. The first-order valence-corrected chi connectivity index (χ1v) is 6.78. The van der Waals surface area contributed by atoms with Crippen molar-refractivity contribution in [2.75, 3.05) is 0 Å². The lowest BCUT2D eigenvalue weighted by Gasteiger charge is -2.33. The molecule has 0 bridgehead atoms. The second-order valence-electron chi connectivity index (χ2n) is 5.47. The Balaban J connectivity index is 2.38. The Morgan fingerprint density at radius 1 is 1.05 bits per heavy atom. The molecule has 21 heavy (non-hydrogen) atoms. The summed E-state index contributed by atoms with van der Waals surface area (Å²) in [4.78, 5) is 35.9. The summed E-state index contributed by atoms with van der Waals surface area (Å²) < 4.78 is 0. The molecule has 1 aromatic rings. The van der Waals surface area contributed by atoms with E-state index in [-0.39, 0.29) is 12.8 Å². The normalized spacial score (nSPS) is 17.0. The van der Waals surface area contributed by atoms with E-state index >= 15 is 0 Å². The molecule has 5 nitrogen and oxygen atoms in total. The van der Waals surface area contributed by atoms with E-state index < -0.39 is 23.3 Å². The average Bonchev–Trinajstić information content (AvgIpc) is 2.42. The van der Waals surface area contributed by atoms with Crippen LogP contribution in [0.15, 0.2) is 42.0 Å². The highest BCUT2D eigenvalue weighted by atomic mass is 16.2. The SMILES string of the molecule is CC(C)=CCC1(Cc2ccccc2)C(=O)NC(=O)NC1=O. The maximum atomic E-state index is 12.3. The van der Waals surface area contributed by atoms with Gasteiger partial charge in [0.15, 0.2) is 0 Å². The molecule has 2 rings (SSSR count). The third-order valence-electron chi connectivity index (χ3n) is 3.53. The minimum Gasteiger partial charge on any atom is -0.277 e. The number of urea groups is 1. The van der Waals surface area contributed by atoms with Gasteiger partial charge in [0.05, 0.1) is 0 Å². The summed E-state index contributed by atoms with van der Waals surface area (Å²) in [6, 6.07) is 8.55. The standard InChI is InChI=1S/C16H18N2O3/c1-11(2)8-9-16(10-12-6-4-3-5-7-12)13(19)17-15(21)18-14(16)20/h3-8H,9-10H2,1-2H3,(H2,17,18,19,20,21). The van der Waals surface area contributed by atoms with Crippen molar-refractivity contribution in [1.29, 1.82) is 0 Å². The predicted molar refractivity (Wildman–Crippen MR) is 78.3 cm³/mol. The van der Waals surface area contributed by atoms with E-state index in [2.05, 4.69) is 10.6 Å². The largest absolute Gasteiger partial charge is 0.328 e. The lowest BCUT2D eigenvalue weighted by Crippen LogP contribution is -2.63. The van der Waals surface area contributed by atoms with Crippen molar-refractivity contribution in [3.63, 3.8) is 0 Å². The number of barbiturate groups is 1. The summed E-state index contributed by atoms with van der Waals surface area (Å²) in [5, 5.41) is 4.41. The van der Waals surface area contributed by atoms with Gasteiger partial charge in [-0.15, -0.1) is 0 Å². The molecule has 0 radical (unpaired) electrons. The highest BCUT2D eigenvalue weighted by molar-refractivity contribution is 6.19. The molecule has 1 fully saturated rings. The number of nitrogens with one attached hydrogen (secondary N) is 2. The van der Waals surface area contributed by atoms with Crippen LogP contribution in [0.25, 0.3) is 0 Å². The van der Waals surface area contributed by atoms with E-state index in [1.165, 1.54) is 0 Å². The summed E-state index contributed by atoms with van der Waals surface area (Å²) in [6.07, 6.45) is 2.36. The summed E-state index contributed by atoms with van der Waals surface area (Å²) in [5.41, 5.74) is 0.603. The van der Waals surface area contributed by atoms with E-state index in [0.29, 0.717) is 0 Å². The molecule has 4 amide bonds. The van der Waals surface area contributed by atoms with Crippen molar-refractivity contribution >= 4 is 17.8 Å². The van der Waals surface area contributed by atoms with Crippen molar-refractivity contribution in [1.82, 2.24) is 10.6 Å². The van der Waals surface area contributed by atoms with Crippen LogP contribution in [0.3, 0.4) is 0 Å². The molecule has 110 valence electrons. The molecule has 0 aliphatic carbocycles. The van der Waals surface area contributed by atoms with Crippen LogP contribution in [0.1, 0.15) is 25.8 Å². The first-order valence-electron chi connectivity index (χ1n) is 6.78. The molecule has 2 N–H and O–H groups in total. The van der Waals surface area contributed by atoms with Crippen LogP contribution in [-0.2, 0) is 16.0 Å². The maximum Gasteiger partial charge on any atom is 0.328 e. The minimum absolute atomic E-state index is 0.253. The molecular weight excluding hydrogens is 268 g/mol. The van der Waals surface area contributed by atoms with Crippen LogP contribution in [0.2, 0.25) is 0 Å². The van der Waals surface area contributed by atoms with Crippen molar-refractivity contribution in [3.05, 3.63) is 47.5 Å². The van der Waals surface area contributed by atoms with E-state index in [4.69, 9.17) is 0 Å². The molecule has 1 aromatic carbocycles. The van der Waals surface area contributed by atoms with Gasteiger partial charge in [0.1, 0.15) is 5.41 Å². The number of amides is 4. The molecule has 5 heteroatoms. The Morgan fingerprint density at radius 3 is 2.14 bits per heavy atom. The van der Waals surface area contributed by atoms with Gasteiger partial charge in [0, 0.05) is 0 Å². The number of carbonyl (C=O) groups is 3. The van der Waals surface area contributed by atoms with E-state index in [1.807, 2.05) is 50.3 Å². The molecule has 0 spiro atoms. The smallest absolute Gasteiger partial charge is 0.277 e. The van der Waals surface area contributed by atoms with Gasteiger partial charge in [-0.3, -0.25) is 20.2 Å². The van der Waals surface area contributed by atoms with Gasteiger partial charge >= 0.3 is 6.03 Å². The van der Waals surface area contributed by atoms with Gasteiger partial charge < -0.3 is 0 Å². The number of rotatable bonds is 4. The molecule has 1 heterocycles. The highest BCUT2D eigenvalue weighted by Gasteiger charge is 2.49. The van der Waals surface area contributed by atoms with Gasteiger partial charge in [-0.05, 0) is 32.3 Å². The van der Waals surface area contributed by atoms with E-state index in [1.54, 1.807) is 0 Å². The van der Waals surface area contributed by atoms with Gasteiger partial charge in [-0.2, -0.15) is 0 Å². The van der Waals surface area contributed by atoms with Gasteiger partial charge in [-0.25, -0.2) is 4.79 Å². The fourth-order valence-corrected chi connectivity index (χ4v) is 2.32. The Morgan fingerprint density at radius 2 is 1.62 bits per heavy atom. The van der Waals surface area contributed by atoms with Crippen LogP contribution in [0.4, 0.5) is 4.79 Å². The van der Waals surface area contributed by atoms with Crippen LogP contribution in [0, 0.1) is 5.41 Å². The lowest BCUT2D eigenvalue weighted by atomic mass is 9.75. The molecule has 0 saturated carbocycles. The first-order chi connectivity index (χ1) is 9.94. The maximum absolute atomic E-state index is 12.3. The van der Waals surface area contributed by atoms with Crippen molar-refractivity contribution < 1.29 is 14.4 Å². The Hall–Kier alpha value is -2.43. The zero-order valence-corrected chi connectivity index (χ0v) is 12.1. The van der Waals surface area contributed by atoms with E-state index in [0.717, 1.165) is 11.1 Å². The number of hydrogen-bond acceptors (Lipinski definition) is 3. The highest BCUT2D eigenvalue weighted by Crippen LogP contribution is 2.31. The molecule has 1 aliphatic rings. The van der Waals surface area contributed by atoms with E-state index in [9.17, 15) is 14.4 Å². The van der Waals surface area contributed by atoms with Gasteiger partial charge in [-0.1, -0.05) is 42.0 Å². The number of benzene rings is 1. The fourth-order valence-electron chi connectivity index (χ4n) is 2.32. The minimum atomic E-state index is -1.29. The van der Waals surface area contributed by atoms with Gasteiger partial charge in [0.25, 0.3) is 0 Å². The average molecular weight is 286 g/mol. The number of imide groups is 2. The second kappa shape index (κ2) is 5.91. The zero-order chi connectivity index (χ0) is 15.5. The lowest BCUT2D eigenvalue weighted by molar-refractivity contribution is -0.144. The molecule has 0 aromatic heterocycles. The Bertz CT molecular complexity index is 581. The number of allylic oxidation sites excluding steroid dienone is 2. The molecule has 1 saturated heterocycles. The fraction of sp³-hybridized carbons (Fsp3) is 0.312. The molecular formula is C16H18N2O3. The molecule has 0 unspecified atom stereocenters. The third-order valence-corrected chi connectivity index (χ3v) is 3.53. The predicted octanol–water partition coefficient (Wildman–Crippen LogP) is 1.94. The quantitative estimate of drug-likeness (QED) is 0.656. The van der Waals surface area contributed by atoms with Crippen molar-refractivity contribution in [2.45, 2.75) is 26.7 Å². The zero-order valence-electron chi connectivity index (χ0n) is 12.1. The monoisotopic (exact) mass is 286 g/mol. The summed E-state index contributed by atoms with van der Waals surface area (Å²) in [7, 11) is 0. The molecule has 0 atom stereocenters. The Kier molecular flexibility index (Phi) is 4.21. The second-order valence-corrected chi connectivity index (χ2v) is 5.47. The van der Waals surface area contributed by atoms with Crippen LogP contribution >= 0.6 is 0 Å². The van der Waals surface area contributed by atoms with Gasteiger partial charge in [0.2, 0.25) is 11.8 Å². The Labute approximate surface area is 123 Å². The van der Waals surface area contributed by atoms with Crippen molar-refractivity contribution in [3.8, 4) is 0 Å². The van der Waals surface area contributed by atoms with Crippen LogP contribution < -0.4 is 10.6 Å². The molecule has 1 aliphatic heterocycles.